The number of aryl methyl sites for hydroxylation is 1. The van der Waals surface area contributed by atoms with E-state index in [1.165, 1.54) is 0 Å². The van der Waals surface area contributed by atoms with Crippen molar-refractivity contribution in [3.8, 4) is 17.3 Å². The molecule has 0 saturated carbocycles. The molecule has 0 bridgehead atoms. The molecule has 0 aliphatic carbocycles. The number of nitriles is 1. The fourth-order valence-corrected chi connectivity index (χ4v) is 1.96. The number of nitrogens with one attached hydrogen (secondary N) is 2. The van der Waals surface area contributed by atoms with E-state index in [1.807, 2.05) is 18.2 Å². The molecule has 0 unspecified atom stereocenters. The number of hydrogen-bond acceptors (Lipinski definition) is 4. The molecule has 0 aliphatic rings. The van der Waals surface area contributed by atoms with Gasteiger partial charge >= 0.3 is 5.69 Å². The summed E-state index contributed by atoms with van der Waals surface area (Å²) in [4.78, 5) is 24.9. The van der Waals surface area contributed by atoms with Gasteiger partial charge in [0.1, 0.15) is 17.6 Å². The molecule has 2 N–H and O–H groups in total. The highest BCUT2D eigenvalue weighted by Gasteiger charge is 2.06. The predicted octanol–water partition coefficient (Wildman–Crippen LogP) is 1.49. The van der Waals surface area contributed by atoms with Gasteiger partial charge in [-0.25, -0.2) is 14.8 Å². The zero-order chi connectivity index (χ0) is 13.4. The van der Waals surface area contributed by atoms with Gasteiger partial charge in [0.2, 0.25) is 0 Å². The van der Waals surface area contributed by atoms with Gasteiger partial charge in [0.05, 0.1) is 16.7 Å². The Labute approximate surface area is 107 Å². The summed E-state index contributed by atoms with van der Waals surface area (Å²) in [6, 6.07) is 9.08. The second-order valence-electron chi connectivity index (χ2n) is 4.14. The minimum Gasteiger partial charge on any atom is -0.306 e. The lowest BCUT2D eigenvalue weighted by Crippen LogP contribution is -1.99. The number of H-pyrrole nitrogens is 2. The third kappa shape index (κ3) is 1.98. The molecule has 19 heavy (non-hydrogen) atoms. The Morgan fingerprint density at radius 1 is 1.16 bits per heavy atom. The SMILES string of the molecule is Cc1nc(C#N)cc(-c2ccc3[nH]c(=O)[nH]c3c2)n1. The number of aromatic nitrogens is 4. The highest BCUT2D eigenvalue weighted by Crippen LogP contribution is 2.21. The Kier molecular flexibility index (Phi) is 2.39. The number of rotatable bonds is 1. The Morgan fingerprint density at radius 3 is 2.74 bits per heavy atom. The summed E-state index contributed by atoms with van der Waals surface area (Å²) in [5.41, 5.74) is 3.00. The van der Waals surface area contributed by atoms with Crippen molar-refractivity contribution in [3.05, 3.63) is 46.3 Å². The molecule has 6 heteroatoms. The van der Waals surface area contributed by atoms with Gasteiger partial charge in [0.25, 0.3) is 0 Å². The maximum Gasteiger partial charge on any atom is 0.323 e. The van der Waals surface area contributed by atoms with Crippen molar-refractivity contribution in [1.82, 2.24) is 19.9 Å². The summed E-state index contributed by atoms with van der Waals surface area (Å²) >= 11 is 0. The summed E-state index contributed by atoms with van der Waals surface area (Å²) < 4.78 is 0. The average molecular weight is 251 g/mol. The first-order valence-corrected chi connectivity index (χ1v) is 5.64. The van der Waals surface area contributed by atoms with Gasteiger partial charge in [-0.3, -0.25) is 0 Å². The van der Waals surface area contributed by atoms with Crippen LogP contribution >= 0.6 is 0 Å². The smallest absolute Gasteiger partial charge is 0.306 e. The topological polar surface area (TPSA) is 98.2 Å². The average Bonchev–Trinajstić information content (AvgIpc) is 2.76. The number of aromatic amines is 2. The van der Waals surface area contributed by atoms with E-state index in [0.29, 0.717) is 22.7 Å². The summed E-state index contributed by atoms with van der Waals surface area (Å²) in [7, 11) is 0. The number of fused-ring (bicyclic) bond motifs is 1. The first-order chi connectivity index (χ1) is 9.15. The van der Waals surface area contributed by atoms with Crippen LogP contribution in [-0.2, 0) is 0 Å². The summed E-state index contributed by atoms with van der Waals surface area (Å²) in [5.74, 6) is 0.539. The molecule has 0 fully saturated rings. The van der Waals surface area contributed by atoms with E-state index in [2.05, 4.69) is 19.9 Å². The number of imidazole rings is 1. The van der Waals surface area contributed by atoms with Crippen molar-refractivity contribution >= 4 is 11.0 Å². The number of hydrogen-bond donors (Lipinski definition) is 2. The molecule has 1 aromatic carbocycles. The number of nitrogens with zero attached hydrogens (tertiary/aromatic N) is 3. The molecule has 0 amide bonds. The van der Waals surface area contributed by atoms with E-state index in [9.17, 15) is 4.79 Å². The van der Waals surface area contributed by atoms with Crippen LogP contribution in [0.5, 0.6) is 0 Å². The van der Waals surface area contributed by atoms with E-state index in [0.717, 1.165) is 11.1 Å². The third-order valence-electron chi connectivity index (χ3n) is 2.76. The standard InChI is InChI=1S/C13H9N5O/c1-7-15-9(6-14)5-11(16-7)8-2-3-10-12(4-8)18-13(19)17-10/h2-5H,1H3,(H2,17,18,19). The van der Waals surface area contributed by atoms with Crippen molar-refractivity contribution in [1.29, 1.82) is 5.26 Å². The molecular weight excluding hydrogens is 242 g/mol. The molecule has 0 atom stereocenters. The maximum absolute atomic E-state index is 11.2. The van der Waals surface area contributed by atoms with Gasteiger partial charge in [-0.1, -0.05) is 6.07 Å². The van der Waals surface area contributed by atoms with Crippen LogP contribution in [0.25, 0.3) is 22.3 Å². The van der Waals surface area contributed by atoms with E-state index in [1.54, 1.807) is 19.1 Å². The summed E-state index contributed by atoms with van der Waals surface area (Å²) in [5, 5.41) is 8.92. The predicted molar refractivity (Wildman–Crippen MR) is 69.4 cm³/mol. The molecule has 92 valence electrons. The number of benzene rings is 1. The van der Waals surface area contributed by atoms with Crippen molar-refractivity contribution in [2.24, 2.45) is 0 Å². The van der Waals surface area contributed by atoms with Crippen LogP contribution in [0.15, 0.2) is 29.1 Å². The molecule has 6 nitrogen and oxygen atoms in total. The van der Waals surface area contributed by atoms with Crippen molar-refractivity contribution in [3.63, 3.8) is 0 Å². The summed E-state index contributed by atoms with van der Waals surface area (Å²) in [6.07, 6.45) is 0. The molecule has 3 rings (SSSR count). The monoisotopic (exact) mass is 251 g/mol. The largest absolute Gasteiger partial charge is 0.323 e. The van der Waals surface area contributed by atoms with Gasteiger partial charge in [0.15, 0.2) is 0 Å². The molecule has 3 aromatic rings. The first kappa shape index (κ1) is 11.2. The van der Waals surface area contributed by atoms with Gasteiger partial charge in [0, 0.05) is 11.6 Å². The van der Waals surface area contributed by atoms with Crippen molar-refractivity contribution in [2.45, 2.75) is 6.92 Å². The van der Waals surface area contributed by atoms with Gasteiger partial charge in [-0.2, -0.15) is 5.26 Å². The van der Waals surface area contributed by atoms with Crippen molar-refractivity contribution < 1.29 is 0 Å². The van der Waals surface area contributed by atoms with Gasteiger partial charge < -0.3 is 9.97 Å². The fourth-order valence-electron chi connectivity index (χ4n) is 1.96. The Hall–Kier alpha value is -2.94. The zero-order valence-corrected chi connectivity index (χ0v) is 10.1. The lowest BCUT2D eigenvalue weighted by molar-refractivity contribution is 1.04. The second-order valence-corrected chi connectivity index (χ2v) is 4.14. The van der Waals surface area contributed by atoms with E-state index >= 15 is 0 Å². The normalized spacial score (nSPS) is 10.5. The molecule has 0 spiro atoms. The minimum atomic E-state index is -0.247. The van der Waals surface area contributed by atoms with Crippen LogP contribution in [0.2, 0.25) is 0 Å². The summed E-state index contributed by atoms with van der Waals surface area (Å²) in [6.45, 7) is 1.74. The van der Waals surface area contributed by atoms with Crippen LogP contribution in [0.3, 0.4) is 0 Å². The zero-order valence-electron chi connectivity index (χ0n) is 10.1. The quantitative estimate of drug-likeness (QED) is 0.684. The lowest BCUT2D eigenvalue weighted by atomic mass is 10.1. The fraction of sp³-hybridized carbons (Fsp3) is 0.0769. The van der Waals surface area contributed by atoms with E-state index in [4.69, 9.17) is 5.26 Å². The second kappa shape index (κ2) is 4.07. The lowest BCUT2D eigenvalue weighted by Gasteiger charge is -2.02. The molecule has 2 aromatic heterocycles. The maximum atomic E-state index is 11.2. The van der Waals surface area contributed by atoms with Crippen LogP contribution < -0.4 is 5.69 Å². The molecule has 0 aliphatic heterocycles. The highest BCUT2D eigenvalue weighted by molar-refractivity contribution is 5.80. The highest BCUT2D eigenvalue weighted by atomic mass is 16.1. The molecule has 0 radical (unpaired) electrons. The Morgan fingerprint density at radius 2 is 1.95 bits per heavy atom. The first-order valence-electron chi connectivity index (χ1n) is 5.64. The van der Waals surface area contributed by atoms with Crippen LogP contribution in [0, 0.1) is 18.3 Å². The van der Waals surface area contributed by atoms with Crippen molar-refractivity contribution in [2.75, 3.05) is 0 Å². The van der Waals surface area contributed by atoms with Crippen LogP contribution in [-0.4, -0.2) is 19.9 Å². The van der Waals surface area contributed by atoms with Crippen LogP contribution in [0.1, 0.15) is 11.5 Å². The van der Waals surface area contributed by atoms with E-state index < -0.39 is 0 Å². The minimum absolute atomic E-state index is 0.247. The Balaban J connectivity index is 2.21. The molecule has 2 heterocycles. The Bertz CT molecular complexity index is 869. The van der Waals surface area contributed by atoms with Gasteiger partial charge in [-0.15, -0.1) is 0 Å². The van der Waals surface area contributed by atoms with Crippen LogP contribution in [0.4, 0.5) is 0 Å². The van der Waals surface area contributed by atoms with E-state index in [-0.39, 0.29) is 5.69 Å². The molecule has 0 saturated heterocycles. The third-order valence-corrected chi connectivity index (χ3v) is 2.76. The molecular formula is C13H9N5O. The van der Waals surface area contributed by atoms with Gasteiger partial charge in [-0.05, 0) is 19.1 Å².